The number of benzene rings is 2. The molecule has 1 saturated heterocycles. The second kappa shape index (κ2) is 14.1. The quantitative estimate of drug-likeness (QED) is 0.197. The SMILES string of the molecule is CC#CCn1c(N2CCC[C@@H](NC(=O)c3ccccc3C(=O)NCCO)C2)nc2c1c(=O)n(Cc1nc(C)c3ccccc3n1)c(=O)n2C. The number of nitrogens with one attached hydrogen (secondary N) is 2. The van der Waals surface area contributed by atoms with Crippen LogP contribution >= 0.6 is 0 Å². The van der Waals surface area contributed by atoms with E-state index in [1.807, 2.05) is 36.1 Å². The molecule has 1 fully saturated rings. The van der Waals surface area contributed by atoms with E-state index >= 15 is 0 Å². The number of rotatable bonds is 9. The summed E-state index contributed by atoms with van der Waals surface area (Å²) in [6.07, 6.45) is 1.40. The van der Waals surface area contributed by atoms with E-state index in [9.17, 15) is 19.2 Å². The van der Waals surface area contributed by atoms with E-state index in [4.69, 9.17) is 10.1 Å². The van der Waals surface area contributed by atoms with Gasteiger partial charge in [0.1, 0.15) is 5.82 Å². The first-order valence-electron chi connectivity index (χ1n) is 16.1. The lowest BCUT2D eigenvalue weighted by Gasteiger charge is -2.34. The Balaban J connectivity index is 1.33. The summed E-state index contributed by atoms with van der Waals surface area (Å²) in [5.41, 5.74) is 1.29. The van der Waals surface area contributed by atoms with E-state index in [-0.39, 0.29) is 54.6 Å². The third kappa shape index (κ3) is 6.53. The fourth-order valence-electron chi connectivity index (χ4n) is 6.24. The van der Waals surface area contributed by atoms with Crippen molar-refractivity contribution in [2.24, 2.45) is 7.05 Å². The number of piperidine rings is 1. The van der Waals surface area contributed by atoms with Gasteiger partial charge in [-0.15, -0.1) is 5.92 Å². The molecule has 0 unspecified atom stereocenters. The number of aromatic nitrogens is 6. The smallest absolute Gasteiger partial charge is 0.332 e. The van der Waals surface area contributed by atoms with Gasteiger partial charge in [-0.2, -0.15) is 4.98 Å². The molecule has 0 radical (unpaired) electrons. The van der Waals surface area contributed by atoms with E-state index in [0.29, 0.717) is 37.7 Å². The maximum atomic E-state index is 14.1. The van der Waals surface area contributed by atoms with Crippen LogP contribution in [-0.4, -0.2) is 77.9 Å². The molecule has 14 nitrogen and oxygen atoms in total. The number of hydrogen-bond acceptors (Lipinski definition) is 9. The van der Waals surface area contributed by atoms with Crippen LogP contribution in [0.15, 0.2) is 58.1 Å². The molecule has 1 aliphatic heterocycles. The fourth-order valence-corrected chi connectivity index (χ4v) is 6.24. The standard InChI is InChI=1S/C35H37N9O5/c1-4-5-18-43-29-30(41(3)35(49)44(33(29)48)21-28-37-22(2)24-12-8-9-15-27(24)39-28)40-34(43)42-17-10-11-23(20-42)38-32(47)26-14-7-6-13-25(26)31(46)36-16-19-45/h6-9,12-15,23,45H,10-11,16-21H2,1-3H3,(H,36,46)(H,38,47)/t23-/m1/s1. The van der Waals surface area contributed by atoms with Crippen molar-refractivity contribution in [2.45, 2.75) is 45.8 Å². The van der Waals surface area contributed by atoms with Gasteiger partial charge in [-0.3, -0.25) is 28.1 Å². The molecule has 0 spiro atoms. The summed E-state index contributed by atoms with van der Waals surface area (Å²) in [5, 5.41) is 15.6. The van der Waals surface area contributed by atoms with Crippen LogP contribution in [-0.2, 0) is 20.1 Å². The van der Waals surface area contributed by atoms with Gasteiger partial charge in [-0.05, 0) is 44.9 Å². The number of aryl methyl sites for hydroxylation is 2. The van der Waals surface area contributed by atoms with Gasteiger partial charge in [0.15, 0.2) is 11.2 Å². The number of carbonyl (C=O) groups is 2. The number of para-hydroxylation sites is 1. The molecular formula is C35H37N9O5. The molecule has 2 aromatic carbocycles. The number of aliphatic hydroxyl groups excluding tert-OH is 1. The zero-order valence-corrected chi connectivity index (χ0v) is 27.6. The lowest BCUT2D eigenvalue weighted by molar-refractivity contribution is 0.0904. The Hall–Kier alpha value is -5.81. The monoisotopic (exact) mass is 663 g/mol. The number of anilines is 1. The van der Waals surface area contributed by atoms with Crippen LogP contribution in [0.1, 0.15) is 52.0 Å². The number of amides is 2. The molecular weight excluding hydrogens is 626 g/mol. The van der Waals surface area contributed by atoms with Gasteiger partial charge in [-0.1, -0.05) is 36.3 Å². The topological polar surface area (TPSA) is 169 Å². The Morgan fingerprint density at radius 2 is 1.73 bits per heavy atom. The average Bonchev–Trinajstić information content (AvgIpc) is 3.50. The van der Waals surface area contributed by atoms with Gasteiger partial charge in [-0.25, -0.2) is 14.8 Å². The molecule has 3 N–H and O–H groups in total. The highest BCUT2D eigenvalue weighted by atomic mass is 16.3. The van der Waals surface area contributed by atoms with E-state index in [1.165, 1.54) is 4.57 Å². The molecule has 5 aromatic rings. The molecule has 1 aliphatic rings. The molecule has 49 heavy (non-hydrogen) atoms. The van der Waals surface area contributed by atoms with Crippen molar-refractivity contribution in [3.05, 3.63) is 92.0 Å². The molecule has 3 aromatic heterocycles. The summed E-state index contributed by atoms with van der Waals surface area (Å²) < 4.78 is 4.20. The van der Waals surface area contributed by atoms with Crippen molar-refractivity contribution in [3.63, 3.8) is 0 Å². The Kier molecular flexibility index (Phi) is 9.54. The Labute approximate surface area is 281 Å². The summed E-state index contributed by atoms with van der Waals surface area (Å²) in [4.78, 5) is 69.8. The first-order chi connectivity index (χ1) is 23.7. The van der Waals surface area contributed by atoms with Crippen molar-refractivity contribution in [1.29, 1.82) is 0 Å². The summed E-state index contributed by atoms with van der Waals surface area (Å²) in [6.45, 7) is 4.44. The number of fused-ring (bicyclic) bond motifs is 2. The maximum Gasteiger partial charge on any atom is 0.332 e. The van der Waals surface area contributed by atoms with Crippen LogP contribution in [0.2, 0.25) is 0 Å². The van der Waals surface area contributed by atoms with Crippen LogP contribution in [0.3, 0.4) is 0 Å². The van der Waals surface area contributed by atoms with E-state index in [2.05, 4.69) is 32.4 Å². The van der Waals surface area contributed by atoms with Crippen molar-refractivity contribution < 1.29 is 14.7 Å². The van der Waals surface area contributed by atoms with Gasteiger partial charge in [0.25, 0.3) is 17.4 Å². The van der Waals surface area contributed by atoms with Crippen molar-refractivity contribution >= 4 is 39.8 Å². The van der Waals surface area contributed by atoms with E-state index in [1.54, 1.807) is 42.8 Å². The summed E-state index contributed by atoms with van der Waals surface area (Å²) >= 11 is 0. The minimum atomic E-state index is -0.546. The second-order valence-electron chi connectivity index (χ2n) is 11.9. The van der Waals surface area contributed by atoms with Gasteiger partial charge >= 0.3 is 5.69 Å². The normalized spacial score (nSPS) is 14.4. The molecule has 6 rings (SSSR count). The van der Waals surface area contributed by atoms with Crippen molar-refractivity contribution in [3.8, 4) is 11.8 Å². The highest BCUT2D eigenvalue weighted by Crippen LogP contribution is 2.24. The van der Waals surface area contributed by atoms with Gasteiger partial charge < -0.3 is 20.6 Å². The van der Waals surface area contributed by atoms with Crippen LogP contribution < -0.4 is 26.8 Å². The molecule has 0 aliphatic carbocycles. The first-order valence-corrected chi connectivity index (χ1v) is 16.1. The summed E-state index contributed by atoms with van der Waals surface area (Å²) in [5.74, 6) is 5.88. The predicted octanol–water partition coefficient (Wildman–Crippen LogP) is 1.34. The zero-order chi connectivity index (χ0) is 34.7. The predicted molar refractivity (Wildman–Crippen MR) is 185 cm³/mol. The van der Waals surface area contributed by atoms with Crippen molar-refractivity contribution in [2.75, 3.05) is 31.1 Å². The number of imidazole rings is 1. The minimum absolute atomic E-state index is 0.0728. The molecule has 4 heterocycles. The third-order valence-electron chi connectivity index (χ3n) is 8.62. The molecule has 0 saturated carbocycles. The van der Waals surface area contributed by atoms with Gasteiger partial charge in [0.2, 0.25) is 5.95 Å². The number of nitrogens with zero attached hydrogens (tertiary/aromatic N) is 7. The average molecular weight is 664 g/mol. The Morgan fingerprint density at radius 3 is 2.49 bits per heavy atom. The first kappa shape index (κ1) is 33.1. The molecule has 1 atom stereocenters. The number of carbonyl (C=O) groups excluding carboxylic acids is 2. The van der Waals surface area contributed by atoms with Crippen LogP contribution in [0.4, 0.5) is 5.95 Å². The number of aliphatic hydroxyl groups is 1. The molecule has 2 amide bonds. The minimum Gasteiger partial charge on any atom is -0.395 e. The largest absolute Gasteiger partial charge is 0.395 e. The Bertz CT molecular complexity index is 2260. The lowest BCUT2D eigenvalue weighted by atomic mass is 10.0. The van der Waals surface area contributed by atoms with Gasteiger partial charge in [0.05, 0.1) is 36.3 Å². The second-order valence-corrected chi connectivity index (χ2v) is 11.9. The van der Waals surface area contributed by atoms with E-state index in [0.717, 1.165) is 21.2 Å². The lowest BCUT2D eigenvalue weighted by Crippen LogP contribution is -2.48. The molecule has 252 valence electrons. The van der Waals surface area contributed by atoms with Crippen LogP contribution in [0, 0.1) is 18.8 Å². The fraction of sp³-hybridized carbons (Fsp3) is 0.343. The highest BCUT2D eigenvalue weighted by Gasteiger charge is 2.29. The zero-order valence-electron chi connectivity index (χ0n) is 27.6. The van der Waals surface area contributed by atoms with Crippen molar-refractivity contribution in [1.82, 2.24) is 39.3 Å². The Morgan fingerprint density at radius 1 is 1.00 bits per heavy atom. The summed E-state index contributed by atoms with van der Waals surface area (Å²) in [6, 6.07) is 13.8. The number of hydrogen-bond donors (Lipinski definition) is 3. The highest BCUT2D eigenvalue weighted by molar-refractivity contribution is 6.07. The van der Waals surface area contributed by atoms with Crippen LogP contribution in [0.5, 0.6) is 0 Å². The molecule has 0 bridgehead atoms. The molecule has 14 heteroatoms. The van der Waals surface area contributed by atoms with Crippen LogP contribution in [0.25, 0.3) is 22.1 Å². The van der Waals surface area contributed by atoms with Gasteiger partial charge in [0, 0.05) is 43.8 Å². The summed E-state index contributed by atoms with van der Waals surface area (Å²) in [7, 11) is 1.58. The van der Waals surface area contributed by atoms with E-state index < -0.39 is 23.1 Å². The maximum absolute atomic E-state index is 14.1. The third-order valence-corrected chi connectivity index (χ3v) is 8.62.